The second-order valence-corrected chi connectivity index (χ2v) is 7.57. The Morgan fingerprint density at radius 3 is 2.54 bits per heavy atom. The van der Waals surface area contributed by atoms with Gasteiger partial charge in [0.05, 0.1) is 16.4 Å². The molecule has 8 heteroatoms. The lowest BCUT2D eigenvalue weighted by atomic mass is 10.00. The summed E-state index contributed by atoms with van der Waals surface area (Å²) < 4.78 is 19.7. The zero-order valence-corrected chi connectivity index (χ0v) is 16.3. The molecule has 1 unspecified atom stereocenters. The van der Waals surface area contributed by atoms with Gasteiger partial charge in [-0.2, -0.15) is 0 Å². The number of hydrogen-bond donors (Lipinski definition) is 2. The maximum absolute atomic E-state index is 14.5. The van der Waals surface area contributed by atoms with Gasteiger partial charge in [0.25, 0.3) is 5.91 Å². The van der Waals surface area contributed by atoms with Crippen LogP contribution in [-0.4, -0.2) is 29.5 Å². The number of rotatable bonds is 2. The van der Waals surface area contributed by atoms with Crippen LogP contribution in [0.1, 0.15) is 31.9 Å². The Bertz CT molecular complexity index is 969. The average Bonchev–Trinajstić information content (AvgIpc) is 2.72. The van der Waals surface area contributed by atoms with E-state index in [0.717, 1.165) is 0 Å². The highest BCUT2D eigenvalue weighted by atomic mass is 35.5. The quantitative estimate of drug-likeness (QED) is 0.791. The highest BCUT2D eigenvalue weighted by Gasteiger charge is 2.30. The Morgan fingerprint density at radius 1 is 1.18 bits per heavy atom. The normalized spacial score (nSPS) is 16.4. The van der Waals surface area contributed by atoms with Crippen LogP contribution >= 0.6 is 11.6 Å². The van der Waals surface area contributed by atoms with Crippen molar-refractivity contribution in [2.75, 3.05) is 5.32 Å². The summed E-state index contributed by atoms with van der Waals surface area (Å²) in [5, 5.41) is 5.33. The summed E-state index contributed by atoms with van der Waals surface area (Å²) in [5.74, 6) is -1.14. The number of carbonyl (C=O) groups is 2. The van der Waals surface area contributed by atoms with E-state index in [1.54, 1.807) is 57.2 Å². The van der Waals surface area contributed by atoms with Crippen molar-refractivity contribution >= 4 is 35.0 Å². The van der Waals surface area contributed by atoms with Crippen LogP contribution in [-0.2, 0) is 9.53 Å². The van der Waals surface area contributed by atoms with E-state index in [4.69, 9.17) is 16.3 Å². The van der Waals surface area contributed by atoms with Gasteiger partial charge in [-0.3, -0.25) is 10.1 Å². The zero-order chi connectivity index (χ0) is 20.5. The van der Waals surface area contributed by atoms with Crippen molar-refractivity contribution in [3.63, 3.8) is 0 Å². The van der Waals surface area contributed by atoms with Crippen molar-refractivity contribution in [2.45, 2.75) is 32.5 Å². The number of carbonyl (C=O) groups excluding carboxylic acids is 2. The van der Waals surface area contributed by atoms with Gasteiger partial charge in [-0.05, 0) is 39.0 Å². The van der Waals surface area contributed by atoms with Gasteiger partial charge in [0.1, 0.15) is 11.4 Å². The molecule has 2 N–H and O–H groups in total. The Kier molecular flexibility index (Phi) is 5.38. The number of benzodiazepines with no additional fused rings is 1. The molecule has 0 bridgehead atoms. The molecule has 0 saturated carbocycles. The van der Waals surface area contributed by atoms with Gasteiger partial charge in [-0.25, -0.2) is 14.2 Å². The van der Waals surface area contributed by atoms with Crippen molar-refractivity contribution in [2.24, 2.45) is 4.99 Å². The molecule has 0 aromatic heterocycles. The highest BCUT2D eigenvalue weighted by molar-refractivity contribution is 6.36. The third-order valence-corrected chi connectivity index (χ3v) is 4.12. The largest absolute Gasteiger partial charge is 0.444 e. The number of ether oxygens (including phenoxy) is 1. The predicted octanol–water partition coefficient (Wildman–Crippen LogP) is 4.12. The number of nitrogens with zero attached hydrogens (tertiary/aromatic N) is 1. The first-order chi connectivity index (χ1) is 13.2. The van der Waals surface area contributed by atoms with Gasteiger partial charge in [-0.1, -0.05) is 35.9 Å². The van der Waals surface area contributed by atoms with E-state index in [9.17, 15) is 14.0 Å². The Hall–Kier alpha value is -2.93. The van der Waals surface area contributed by atoms with Crippen molar-refractivity contribution in [3.8, 4) is 0 Å². The van der Waals surface area contributed by atoms with Gasteiger partial charge >= 0.3 is 6.09 Å². The standard InChI is InChI=1S/C20H19ClFN3O3/c1-20(2,3)28-19(27)25-17-18(26)24-16-12(8-6-9-13(16)21)15(23-17)11-7-4-5-10-14(11)22/h4-10,17H,1-3H3,(H,24,26)(H,25,27). The van der Waals surface area contributed by atoms with E-state index in [-0.39, 0.29) is 16.3 Å². The van der Waals surface area contributed by atoms with Crippen molar-refractivity contribution in [3.05, 3.63) is 64.4 Å². The van der Waals surface area contributed by atoms with Gasteiger partial charge in [0.15, 0.2) is 0 Å². The maximum Gasteiger partial charge on any atom is 0.409 e. The summed E-state index contributed by atoms with van der Waals surface area (Å²) in [6.45, 7) is 5.09. The van der Waals surface area contributed by atoms with E-state index in [1.807, 2.05) is 0 Å². The Labute approximate surface area is 166 Å². The summed E-state index contributed by atoms with van der Waals surface area (Å²) in [6.07, 6.45) is -2.14. The predicted molar refractivity (Wildman–Crippen MR) is 105 cm³/mol. The molecule has 0 spiro atoms. The Balaban J connectivity index is 2.08. The summed E-state index contributed by atoms with van der Waals surface area (Å²) in [5.41, 5.74) is 0.355. The monoisotopic (exact) mass is 403 g/mol. The first-order valence-corrected chi connectivity index (χ1v) is 8.95. The minimum atomic E-state index is -1.33. The minimum absolute atomic E-state index is 0.179. The van der Waals surface area contributed by atoms with E-state index >= 15 is 0 Å². The summed E-state index contributed by atoms with van der Waals surface area (Å²) >= 11 is 6.24. The average molecular weight is 404 g/mol. The number of anilines is 1. The maximum atomic E-state index is 14.5. The second kappa shape index (κ2) is 7.59. The number of fused-ring (bicyclic) bond motifs is 1. The summed E-state index contributed by atoms with van der Waals surface area (Å²) in [7, 11) is 0. The van der Waals surface area contributed by atoms with Crippen molar-refractivity contribution in [1.29, 1.82) is 0 Å². The fourth-order valence-corrected chi connectivity index (χ4v) is 2.90. The number of halogens is 2. The number of aliphatic imine (C=N–C) groups is 1. The summed E-state index contributed by atoms with van der Waals surface area (Å²) in [6, 6.07) is 11.0. The summed E-state index contributed by atoms with van der Waals surface area (Å²) in [4.78, 5) is 29.1. The van der Waals surface area contributed by atoms with Crippen LogP contribution in [0.3, 0.4) is 0 Å². The number of nitrogens with one attached hydrogen (secondary N) is 2. The van der Waals surface area contributed by atoms with Gasteiger partial charge in [0.2, 0.25) is 6.17 Å². The number of benzene rings is 2. The van der Waals surface area contributed by atoms with Crippen LogP contribution < -0.4 is 10.6 Å². The molecule has 0 aliphatic carbocycles. The van der Waals surface area contributed by atoms with Crippen LogP contribution in [0.25, 0.3) is 0 Å². The molecular weight excluding hydrogens is 385 g/mol. The smallest absolute Gasteiger partial charge is 0.409 e. The lowest BCUT2D eigenvalue weighted by Gasteiger charge is -2.21. The molecule has 3 rings (SSSR count). The first kappa shape index (κ1) is 19.8. The molecule has 0 fully saturated rings. The van der Waals surface area contributed by atoms with Crippen LogP contribution in [0, 0.1) is 5.82 Å². The molecule has 1 aliphatic heterocycles. The molecule has 2 amide bonds. The van der Waals surface area contributed by atoms with E-state index < -0.39 is 29.6 Å². The highest BCUT2D eigenvalue weighted by Crippen LogP contribution is 2.31. The fraction of sp³-hybridized carbons (Fsp3) is 0.250. The fourth-order valence-electron chi connectivity index (χ4n) is 2.68. The van der Waals surface area contributed by atoms with Crippen molar-refractivity contribution < 1.29 is 18.7 Å². The lowest BCUT2D eigenvalue weighted by molar-refractivity contribution is -0.118. The SMILES string of the molecule is CC(C)(C)OC(=O)NC1N=C(c2ccccc2F)c2cccc(Cl)c2NC1=O. The molecule has 2 aromatic rings. The van der Waals surface area contributed by atoms with Gasteiger partial charge in [-0.15, -0.1) is 0 Å². The van der Waals surface area contributed by atoms with Crippen molar-refractivity contribution in [1.82, 2.24) is 5.32 Å². The molecule has 28 heavy (non-hydrogen) atoms. The molecule has 1 heterocycles. The van der Waals surface area contributed by atoms with Gasteiger partial charge < -0.3 is 10.1 Å². The second-order valence-electron chi connectivity index (χ2n) is 7.16. The number of amides is 2. The molecular formula is C20H19ClFN3O3. The molecule has 1 atom stereocenters. The molecule has 6 nitrogen and oxygen atoms in total. The first-order valence-electron chi connectivity index (χ1n) is 8.57. The third-order valence-electron chi connectivity index (χ3n) is 3.81. The Morgan fingerprint density at radius 2 is 1.86 bits per heavy atom. The molecule has 0 saturated heterocycles. The topological polar surface area (TPSA) is 79.8 Å². The number of alkyl carbamates (subject to hydrolysis) is 1. The zero-order valence-electron chi connectivity index (χ0n) is 15.5. The molecule has 1 aliphatic rings. The minimum Gasteiger partial charge on any atom is -0.444 e. The lowest BCUT2D eigenvalue weighted by Crippen LogP contribution is -2.44. The van der Waals surface area contributed by atoms with Crippen LogP contribution in [0.2, 0.25) is 5.02 Å². The van der Waals surface area contributed by atoms with E-state index in [2.05, 4.69) is 15.6 Å². The van der Waals surface area contributed by atoms with Gasteiger partial charge in [0, 0.05) is 11.1 Å². The third kappa shape index (κ3) is 4.31. The number of para-hydroxylation sites is 1. The van der Waals surface area contributed by atoms with Crippen LogP contribution in [0.5, 0.6) is 0 Å². The van der Waals surface area contributed by atoms with E-state index in [0.29, 0.717) is 11.3 Å². The van der Waals surface area contributed by atoms with E-state index in [1.165, 1.54) is 6.07 Å². The molecule has 146 valence electrons. The van der Waals surface area contributed by atoms with Crippen LogP contribution in [0.15, 0.2) is 47.5 Å². The van der Waals surface area contributed by atoms with Crippen LogP contribution in [0.4, 0.5) is 14.9 Å². The molecule has 2 aromatic carbocycles. The molecule has 0 radical (unpaired) electrons. The number of hydrogen-bond acceptors (Lipinski definition) is 4.